The predicted octanol–water partition coefficient (Wildman–Crippen LogP) is 6.25. The van der Waals surface area contributed by atoms with Crippen LogP contribution < -0.4 is 16.6 Å². The molecule has 0 spiro atoms. The van der Waals surface area contributed by atoms with Gasteiger partial charge in [0, 0.05) is 66.5 Å². The fourth-order valence-corrected chi connectivity index (χ4v) is 13.2. The molecule has 9 rings (SSSR count). The number of para-hydroxylation sites is 1. The fourth-order valence-electron chi connectivity index (χ4n) is 13.2. The maximum atomic E-state index is 14.2. The Kier molecular flexibility index (Phi) is 11.1. The summed E-state index contributed by atoms with van der Waals surface area (Å²) in [5, 5.41) is 3.95. The summed E-state index contributed by atoms with van der Waals surface area (Å²) in [6.45, 7) is 8.64. The van der Waals surface area contributed by atoms with Crippen LogP contribution in [0.5, 0.6) is 0 Å². The summed E-state index contributed by atoms with van der Waals surface area (Å²) >= 11 is 0. The number of benzene rings is 1. The van der Waals surface area contributed by atoms with Crippen LogP contribution in [0.2, 0.25) is 0 Å². The van der Waals surface area contributed by atoms with Gasteiger partial charge in [-0.15, -0.1) is 0 Å². The molecule has 2 aromatic heterocycles. The van der Waals surface area contributed by atoms with Crippen LogP contribution in [-0.4, -0.2) is 57.3 Å². The third-order valence-electron chi connectivity index (χ3n) is 17.0. The number of pyridine rings is 2. The van der Waals surface area contributed by atoms with Gasteiger partial charge in [-0.2, -0.15) is 0 Å². The van der Waals surface area contributed by atoms with E-state index in [0.29, 0.717) is 81.4 Å². The largest absolute Gasteiger partial charge is 0.457 e. The van der Waals surface area contributed by atoms with E-state index in [1.165, 1.54) is 0 Å². The Labute approximate surface area is 367 Å². The molecule has 4 fully saturated rings. The number of nitrogens with one attached hydrogen (secondary N) is 1. The standard InChI is InChI=1S/C50H60N4O9/c1-5-50(35-23-39-44-29(20-28-10-6-7-12-38(28)53-44)25-54(39)45(59)32(35)26-62-47(50)61)63-46(60)37(51)11-8-9-19-52-42(58)16-13-27(2)33-14-15-34-43-36(24-41(57)49(33,34)4)48(3)18-17-31(55)21-30(48)22-40(43)56/h6-7,10,12,20,23,27,30,33-34,36-37,43H,5,8-9,11,13-19,21-22,24-26,51H2,1-4H3,(H,52,58)/t27-,30?,33?,34?,36?,37?,43?,48+,49-,50+/m1/s1. The molecule has 1 aromatic carbocycles. The molecule has 13 heteroatoms. The number of aromatic nitrogens is 2. The van der Waals surface area contributed by atoms with E-state index in [9.17, 15) is 33.6 Å². The van der Waals surface area contributed by atoms with Crippen LogP contribution in [0, 0.1) is 46.3 Å². The maximum absolute atomic E-state index is 14.2. The summed E-state index contributed by atoms with van der Waals surface area (Å²) in [4.78, 5) is 99.1. The Hall–Kier alpha value is -5.04. The second kappa shape index (κ2) is 16.2. The lowest BCUT2D eigenvalue weighted by atomic mass is 9.44. The molecule has 3 aromatic rings. The lowest BCUT2D eigenvalue weighted by molar-refractivity contribution is -0.190. The van der Waals surface area contributed by atoms with E-state index in [1.807, 2.05) is 30.3 Å². The zero-order chi connectivity index (χ0) is 44.6. The van der Waals surface area contributed by atoms with Crippen molar-refractivity contribution in [1.82, 2.24) is 14.9 Å². The maximum Gasteiger partial charge on any atom is 0.355 e. The summed E-state index contributed by atoms with van der Waals surface area (Å²) in [5.74, 6) is -0.716. The van der Waals surface area contributed by atoms with Gasteiger partial charge in [-0.3, -0.25) is 28.8 Å². The minimum Gasteiger partial charge on any atom is -0.457 e. The van der Waals surface area contributed by atoms with Crippen molar-refractivity contribution in [2.24, 2.45) is 52.1 Å². The molecule has 13 nitrogen and oxygen atoms in total. The van der Waals surface area contributed by atoms with Crippen LogP contribution in [0.25, 0.3) is 22.3 Å². The first-order valence-electron chi connectivity index (χ1n) is 23.3. The average Bonchev–Trinajstić information content (AvgIpc) is 3.81. The van der Waals surface area contributed by atoms with Gasteiger partial charge >= 0.3 is 11.9 Å². The van der Waals surface area contributed by atoms with Crippen molar-refractivity contribution >= 4 is 46.1 Å². The van der Waals surface area contributed by atoms with Gasteiger partial charge in [0.05, 0.1) is 29.0 Å². The Morgan fingerprint density at radius 3 is 2.60 bits per heavy atom. The highest BCUT2D eigenvalue weighted by Crippen LogP contribution is 2.66. The monoisotopic (exact) mass is 860 g/mol. The van der Waals surface area contributed by atoms with Crippen LogP contribution in [0.15, 0.2) is 41.2 Å². The Bertz CT molecular complexity index is 2500. The second-order valence-electron chi connectivity index (χ2n) is 20.1. The number of amides is 1. The molecular formula is C50H60N4O9. The summed E-state index contributed by atoms with van der Waals surface area (Å²) < 4.78 is 13.1. The second-order valence-corrected chi connectivity index (χ2v) is 20.1. The quantitative estimate of drug-likeness (QED) is 0.121. The molecule has 63 heavy (non-hydrogen) atoms. The highest BCUT2D eigenvalue weighted by Gasteiger charge is 2.66. The number of hydrogen-bond acceptors (Lipinski definition) is 11. The van der Waals surface area contributed by atoms with Crippen LogP contribution in [0.1, 0.15) is 128 Å². The molecule has 0 bridgehead atoms. The van der Waals surface area contributed by atoms with Gasteiger partial charge in [-0.1, -0.05) is 45.9 Å². The van der Waals surface area contributed by atoms with Gasteiger partial charge in [0.15, 0.2) is 0 Å². The van der Waals surface area contributed by atoms with Gasteiger partial charge in [-0.25, -0.2) is 9.78 Å². The number of fused-ring (bicyclic) bond motifs is 10. The smallest absolute Gasteiger partial charge is 0.355 e. The molecule has 4 aliphatic carbocycles. The number of carbonyl (C=O) groups excluding carboxylic acids is 6. The highest BCUT2D eigenvalue weighted by atomic mass is 16.6. The Morgan fingerprint density at radius 2 is 1.81 bits per heavy atom. The zero-order valence-electron chi connectivity index (χ0n) is 37.0. The molecule has 0 radical (unpaired) electrons. The Balaban J connectivity index is 0.767. The lowest BCUT2D eigenvalue weighted by Gasteiger charge is -2.58. The normalized spacial score (nSPS) is 31.5. The zero-order valence-corrected chi connectivity index (χ0v) is 37.0. The van der Waals surface area contributed by atoms with E-state index in [1.54, 1.807) is 17.6 Å². The van der Waals surface area contributed by atoms with Gasteiger partial charge < -0.3 is 25.1 Å². The van der Waals surface area contributed by atoms with Crippen molar-refractivity contribution in [2.45, 2.75) is 136 Å². The number of esters is 2. The average molecular weight is 861 g/mol. The minimum absolute atomic E-state index is 0.00993. The molecule has 10 atom stereocenters. The van der Waals surface area contributed by atoms with Crippen LogP contribution >= 0.6 is 0 Å². The van der Waals surface area contributed by atoms with Gasteiger partial charge in [0.2, 0.25) is 11.5 Å². The highest BCUT2D eigenvalue weighted by molar-refractivity contribution is 5.93. The molecule has 6 aliphatic rings. The molecule has 4 heterocycles. The van der Waals surface area contributed by atoms with Crippen molar-refractivity contribution in [2.75, 3.05) is 6.54 Å². The van der Waals surface area contributed by atoms with Crippen molar-refractivity contribution in [1.29, 1.82) is 0 Å². The van der Waals surface area contributed by atoms with Crippen LogP contribution in [-0.2, 0) is 57.0 Å². The molecule has 2 aliphatic heterocycles. The number of carbonyl (C=O) groups is 6. The Morgan fingerprint density at radius 1 is 1.02 bits per heavy atom. The first-order valence-corrected chi connectivity index (χ1v) is 23.3. The predicted molar refractivity (Wildman–Crippen MR) is 233 cm³/mol. The molecule has 1 amide bonds. The number of rotatable bonds is 12. The molecule has 3 N–H and O–H groups in total. The third-order valence-corrected chi connectivity index (χ3v) is 17.0. The molecule has 334 valence electrons. The summed E-state index contributed by atoms with van der Waals surface area (Å²) in [6.07, 6.45) is 6.64. The number of nitrogens with two attached hydrogens (primary N) is 1. The summed E-state index contributed by atoms with van der Waals surface area (Å²) in [7, 11) is 0. The van der Waals surface area contributed by atoms with E-state index < -0.39 is 29.0 Å². The number of ketones is 3. The van der Waals surface area contributed by atoms with E-state index in [-0.39, 0.29) is 94.8 Å². The van der Waals surface area contributed by atoms with E-state index >= 15 is 0 Å². The van der Waals surface area contributed by atoms with Crippen molar-refractivity contribution < 1.29 is 38.2 Å². The summed E-state index contributed by atoms with van der Waals surface area (Å²) in [6, 6.07) is 10.4. The molecule has 4 saturated carbocycles. The van der Waals surface area contributed by atoms with Crippen molar-refractivity contribution in [3.8, 4) is 11.4 Å². The van der Waals surface area contributed by atoms with E-state index in [0.717, 1.165) is 35.7 Å². The lowest BCUT2D eigenvalue weighted by Crippen LogP contribution is -2.60. The number of Topliss-reactive ketones (excluding diaryl/α,β-unsaturated/α-hetero) is 3. The van der Waals surface area contributed by atoms with E-state index in [2.05, 4.69) is 26.1 Å². The third kappa shape index (κ3) is 6.98. The number of ether oxygens (including phenoxy) is 2. The van der Waals surface area contributed by atoms with Gasteiger partial charge in [0.1, 0.15) is 30.0 Å². The fraction of sp³-hybridized carbons (Fsp3) is 0.600. The van der Waals surface area contributed by atoms with Crippen LogP contribution in [0.3, 0.4) is 0 Å². The first-order chi connectivity index (χ1) is 30.1. The van der Waals surface area contributed by atoms with Gasteiger partial charge in [0.25, 0.3) is 5.56 Å². The molecule has 0 saturated heterocycles. The molecule has 6 unspecified atom stereocenters. The number of cyclic esters (lactones) is 1. The van der Waals surface area contributed by atoms with Gasteiger partial charge in [-0.05, 0) is 105 Å². The number of unbranched alkanes of at least 4 members (excludes halogenated alkanes) is 1. The molecular weight excluding hydrogens is 801 g/mol. The van der Waals surface area contributed by atoms with Crippen molar-refractivity contribution in [3.05, 3.63) is 63.4 Å². The number of hydrogen-bond donors (Lipinski definition) is 2. The summed E-state index contributed by atoms with van der Waals surface area (Å²) in [5.41, 5.74) is 6.83. The van der Waals surface area contributed by atoms with E-state index in [4.69, 9.17) is 20.2 Å². The number of nitrogens with zero attached hydrogens (tertiary/aromatic N) is 2. The van der Waals surface area contributed by atoms with Crippen molar-refractivity contribution in [3.63, 3.8) is 0 Å². The first kappa shape index (κ1) is 43.2. The SMILES string of the molecule is CC[C@@]1(OC(=O)C(N)CCCCNC(=O)CC[C@@H](C)C2CCC3C4C(=O)CC5CC(=O)CC[C@]5(C)C4CC(=O)[C@@]32C)C(=O)OCc2c1cc1n(c2=O)Cc2cc3ccccc3nc2-1. The minimum atomic E-state index is -1.85. The van der Waals surface area contributed by atoms with Crippen LogP contribution in [0.4, 0.5) is 0 Å². The topological polar surface area (TPSA) is 194 Å².